The molecule has 0 bridgehead atoms. The Labute approximate surface area is 122 Å². The molecule has 2 aromatic heterocycles. The number of benzene rings is 1. The van der Waals surface area contributed by atoms with E-state index in [2.05, 4.69) is 20.3 Å². The van der Waals surface area contributed by atoms with Crippen molar-refractivity contribution in [3.05, 3.63) is 59.7 Å². The summed E-state index contributed by atoms with van der Waals surface area (Å²) in [5.74, 6) is 0.643. The maximum Gasteiger partial charge on any atom is 0.272 e. The van der Waals surface area contributed by atoms with Crippen molar-refractivity contribution in [2.24, 2.45) is 0 Å². The zero-order valence-electron chi connectivity index (χ0n) is 11.9. The highest BCUT2D eigenvalue weighted by atomic mass is 16.1. The zero-order chi connectivity index (χ0) is 14.8. The number of aryl methyl sites for hydroxylation is 2. The van der Waals surface area contributed by atoms with Gasteiger partial charge in [0.05, 0.1) is 5.69 Å². The Morgan fingerprint density at radius 3 is 2.71 bits per heavy atom. The van der Waals surface area contributed by atoms with Gasteiger partial charge in [-0.25, -0.2) is 4.98 Å². The van der Waals surface area contributed by atoms with Gasteiger partial charge in [0.2, 0.25) is 0 Å². The molecule has 0 fully saturated rings. The number of hydrogen-bond acceptors (Lipinski definition) is 2. The second kappa shape index (κ2) is 5.28. The lowest BCUT2D eigenvalue weighted by molar-refractivity contribution is 0.102. The summed E-state index contributed by atoms with van der Waals surface area (Å²) in [6, 6.07) is 11.1. The fraction of sp³-hybridized carbons (Fsp3) is 0.125. The number of carbonyl (C=O) groups excluding carboxylic acids is 1. The number of carbonyl (C=O) groups is 1. The lowest BCUT2D eigenvalue weighted by atomic mass is 10.2. The van der Waals surface area contributed by atoms with Gasteiger partial charge in [-0.3, -0.25) is 4.79 Å². The molecule has 1 amide bonds. The van der Waals surface area contributed by atoms with Gasteiger partial charge in [-0.1, -0.05) is 12.1 Å². The van der Waals surface area contributed by atoms with E-state index in [4.69, 9.17) is 0 Å². The van der Waals surface area contributed by atoms with Gasteiger partial charge in [0, 0.05) is 23.1 Å². The van der Waals surface area contributed by atoms with Crippen molar-refractivity contribution >= 4 is 11.6 Å². The SMILES string of the molecule is Cc1nc(-c2cccc(NC(=O)c3ccc[nH]3)c2)[nH]c1C. The molecule has 5 nitrogen and oxygen atoms in total. The van der Waals surface area contributed by atoms with Gasteiger partial charge in [0.25, 0.3) is 5.91 Å². The lowest BCUT2D eigenvalue weighted by Crippen LogP contribution is -2.12. The molecule has 3 N–H and O–H groups in total. The molecule has 5 heteroatoms. The van der Waals surface area contributed by atoms with Crippen molar-refractivity contribution in [1.29, 1.82) is 0 Å². The van der Waals surface area contributed by atoms with Crippen LogP contribution >= 0.6 is 0 Å². The zero-order valence-corrected chi connectivity index (χ0v) is 11.9. The molecule has 3 rings (SSSR count). The Bertz CT molecular complexity index is 752. The lowest BCUT2D eigenvalue weighted by Gasteiger charge is -2.05. The van der Waals surface area contributed by atoms with Crippen molar-refractivity contribution in [3.63, 3.8) is 0 Å². The largest absolute Gasteiger partial charge is 0.357 e. The molecule has 3 aromatic rings. The fourth-order valence-corrected chi connectivity index (χ4v) is 2.10. The van der Waals surface area contributed by atoms with Crippen molar-refractivity contribution in [3.8, 4) is 11.4 Å². The summed E-state index contributed by atoms with van der Waals surface area (Å²) < 4.78 is 0. The van der Waals surface area contributed by atoms with Gasteiger partial charge in [-0.15, -0.1) is 0 Å². The average Bonchev–Trinajstić information content (AvgIpc) is 3.10. The third-order valence-corrected chi connectivity index (χ3v) is 3.36. The number of rotatable bonds is 3. The third-order valence-electron chi connectivity index (χ3n) is 3.36. The van der Waals surface area contributed by atoms with Gasteiger partial charge < -0.3 is 15.3 Å². The molecule has 1 aromatic carbocycles. The van der Waals surface area contributed by atoms with E-state index in [0.29, 0.717) is 5.69 Å². The Morgan fingerprint density at radius 2 is 2.05 bits per heavy atom. The summed E-state index contributed by atoms with van der Waals surface area (Å²) in [6.07, 6.45) is 1.72. The Balaban J connectivity index is 1.85. The van der Waals surface area contributed by atoms with E-state index in [0.717, 1.165) is 28.5 Å². The van der Waals surface area contributed by atoms with Crippen molar-refractivity contribution in [2.75, 3.05) is 5.32 Å². The number of amides is 1. The molecule has 0 aliphatic carbocycles. The minimum Gasteiger partial charge on any atom is -0.357 e. The van der Waals surface area contributed by atoms with Crippen molar-refractivity contribution in [2.45, 2.75) is 13.8 Å². The van der Waals surface area contributed by atoms with Gasteiger partial charge in [-0.2, -0.15) is 0 Å². The fourth-order valence-electron chi connectivity index (χ4n) is 2.10. The van der Waals surface area contributed by atoms with E-state index in [9.17, 15) is 4.79 Å². The first kappa shape index (κ1) is 13.2. The number of imidazole rings is 1. The van der Waals surface area contributed by atoms with Gasteiger partial charge in [0.1, 0.15) is 11.5 Å². The smallest absolute Gasteiger partial charge is 0.272 e. The third kappa shape index (κ3) is 2.72. The van der Waals surface area contributed by atoms with Crippen LogP contribution < -0.4 is 5.32 Å². The maximum absolute atomic E-state index is 12.0. The molecule has 106 valence electrons. The minimum atomic E-state index is -0.163. The minimum absolute atomic E-state index is 0.163. The van der Waals surface area contributed by atoms with Crippen LogP contribution in [0.3, 0.4) is 0 Å². The average molecular weight is 280 g/mol. The highest BCUT2D eigenvalue weighted by Crippen LogP contribution is 2.21. The normalized spacial score (nSPS) is 10.6. The number of nitrogens with zero attached hydrogens (tertiary/aromatic N) is 1. The Kier molecular flexibility index (Phi) is 3.31. The molecule has 0 saturated carbocycles. The van der Waals surface area contributed by atoms with Gasteiger partial charge in [-0.05, 0) is 38.1 Å². The summed E-state index contributed by atoms with van der Waals surface area (Å²) in [7, 11) is 0. The molecule has 21 heavy (non-hydrogen) atoms. The monoisotopic (exact) mass is 280 g/mol. The van der Waals surface area contributed by atoms with Crippen LogP contribution in [0.15, 0.2) is 42.6 Å². The standard InChI is InChI=1S/C16H16N4O/c1-10-11(2)19-15(18-10)12-5-3-6-13(9-12)20-16(21)14-7-4-8-17-14/h3-9,17H,1-2H3,(H,18,19)(H,20,21). The summed E-state index contributed by atoms with van der Waals surface area (Å²) in [4.78, 5) is 22.6. The molecule has 0 saturated heterocycles. The van der Waals surface area contributed by atoms with E-state index in [1.807, 2.05) is 38.1 Å². The quantitative estimate of drug-likeness (QED) is 0.689. The first-order valence-corrected chi connectivity index (χ1v) is 6.72. The van der Waals surface area contributed by atoms with Gasteiger partial charge in [0.15, 0.2) is 0 Å². The highest BCUT2D eigenvalue weighted by molar-refractivity contribution is 6.03. The first-order chi connectivity index (χ1) is 10.1. The topological polar surface area (TPSA) is 73.6 Å². The van der Waals surface area contributed by atoms with Crippen molar-refractivity contribution in [1.82, 2.24) is 15.0 Å². The molecular formula is C16H16N4O. The number of aromatic nitrogens is 3. The van der Waals surface area contributed by atoms with E-state index in [1.165, 1.54) is 0 Å². The first-order valence-electron chi connectivity index (χ1n) is 6.72. The molecule has 0 aliphatic heterocycles. The molecule has 0 unspecified atom stereocenters. The van der Waals surface area contributed by atoms with Crippen LogP contribution in [-0.2, 0) is 0 Å². The number of nitrogens with one attached hydrogen (secondary N) is 3. The van der Waals surface area contributed by atoms with Crippen LogP contribution in [0.2, 0.25) is 0 Å². The van der Waals surface area contributed by atoms with Crippen molar-refractivity contribution < 1.29 is 4.79 Å². The van der Waals surface area contributed by atoms with Crippen LogP contribution in [-0.4, -0.2) is 20.9 Å². The number of hydrogen-bond donors (Lipinski definition) is 3. The summed E-state index contributed by atoms with van der Waals surface area (Å²) >= 11 is 0. The second-order valence-electron chi connectivity index (χ2n) is 4.91. The molecule has 0 radical (unpaired) electrons. The summed E-state index contributed by atoms with van der Waals surface area (Å²) in [6.45, 7) is 3.95. The molecule has 0 atom stereocenters. The van der Waals surface area contributed by atoms with E-state index < -0.39 is 0 Å². The predicted octanol–water partition coefficient (Wildman–Crippen LogP) is 3.27. The Hall–Kier alpha value is -2.82. The number of aromatic amines is 2. The summed E-state index contributed by atoms with van der Waals surface area (Å²) in [5, 5.41) is 2.86. The molecule has 2 heterocycles. The summed E-state index contributed by atoms with van der Waals surface area (Å²) in [5.41, 5.74) is 4.23. The van der Waals surface area contributed by atoms with Crippen LogP contribution in [0.4, 0.5) is 5.69 Å². The highest BCUT2D eigenvalue weighted by Gasteiger charge is 2.09. The van der Waals surface area contributed by atoms with E-state index in [-0.39, 0.29) is 5.91 Å². The molecular weight excluding hydrogens is 264 g/mol. The predicted molar refractivity (Wildman–Crippen MR) is 82.2 cm³/mol. The van der Waals surface area contributed by atoms with Crippen LogP contribution in [0.5, 0.6) is 0 Å². The van der Waals surface area contributed by atoms with E-state index >= 15 is 0 Å². The number of anilines is 1. The Morgan fingerprint density at radius 1 is 1.19 bits per heavy atom. The molecule has 0 aliphatic rings. The van der Waals surface area contributed by atoms with Crippen LogP contribution in [0.1, 0.15) is 21.9 Å². The van der Waals surface area contributed by atoms with Crippen LogP contribution in [0, 0.1) is 13.8 Å². The molecule has 0 spiro atoms. The van der Waals surface area contributed by atoms with E-state index in [1.54, 1.807) is 18.3 Å². The maximum atomic E-state index is 12.0. The van der Waals surface area contributed by atoms with Crippen LogP contribution in [0.25, 0.3) is 11.4 Å². The number of H-pyrrole nitrogens is 2. The van der Waals surface area contributed by atoms with Gasteiger partial charge >= 0.3 is 0 Å². The second-order valence-corrected chi connectivity index (χ2v) is 4.91.